The number of rotatable bonds is 7. The summed E-state index contributed by atoms with van der Waals surface area (Å²) in [6.45, 7) is 4.48. The molecule has 2 N–H and O–H groups in total. The van der Waals surface area contributed by atoms with Gasteiger partial charge in [-0.3, -0.25) is 14.3 Å². The van der Waals surface area contributed by atoms with E-state index in [4.69, 9.17) is 4.42 Å². The van der Waals surface area contributed by atoms with E-state index >= 15 is 0 Å². The molecule has 0 aliphatic rings. The van der Waals surface area contributed by atoms with Gasteiger partial charge >= 0.3 is 5.97 Å². The molecular formula is C16H21N5O5. The molecule has 1 unspecified atom stereocenters. The summed E-state index contributed by atoms with van der Waals surface area (Å²) in [4.78, 5) is 40.6. The fraction of sp³-hybridized carbons (Fsp3) is 0.438. The van der Waals surface area contributed by atoms with Crippen LogP contribution in [0.1, 0.15) is 30.1 Å². The first-order chi connectivity index (χ1) is 12.2. The van der Waals surface area contributed by atoms with E-state index in [1.165, 1.54) is 13.8 Å². The Hall–Kier alpha value is -3.17. The van der Waals surface area contributed by atoms with Crippen LogP contribution in [0.25, 0.3) is 11.5 Å². The van der Waals surface area contributed by atoms with Crippen LogP contribution in [0, 0.1) is 6.92 Å². The Morgan fingerprint density at radius 1 is 1.42 bits per heavy atom. The van der Waals surface area contributed by atoms with Crippen LogP contribution in [0.15, 0.2) is 16.8 Å². The van der Waals surface area contributed by atoms with Gasteiger partial charge in [0.25, 0.3) is 5.91 Å². The van der Waals surface area contributed by atoms with E-state index in [0.29, 0.717) is 5.56 Å². The van der Waals surface area contributed by atoms with Crippen molar-refractivity contribution in [1.29, 1.82) is 0 Å². The molecule has 0 bridgehead atoms. The molecule has 2 heterocycles. The topological polar surface area (TPSA) is 131 Å². The fourth-order valence-electron chi connectivity index (χ4n) is 2.34. The van der Waals surface area contributed by atoms with Crippen LogP contribution in [0.2, 0.25) is 0 Å². The number of carbonyl (C=O) groups is 3. The van der Waals surface area contributed by atoms with Gasteiger partial charge in [-0.1, -0.05) is 0 Å². The van der Waals surface area contributed by atoms with Gasteiger partial charge in [-0.2, -0.15) is 5.10 Å². The SMILES string of the molecule is CC(=O)NCCN(C(=O)c1nc(-c2cnn(C)c2)oc1C)C(C)C(=O)O. The number of hydrogen-bond acceptors (Lipinski definition) is 6. The molecule has 2 rings (SSSR count). The van der Waals surface area contributed by atoms with E-state index in [-0.39, 0.29) is 36.3 Å². The number of amides is 2. The van der Waals surface area contributed by atoms with Crippen LogP contribution in [0.4, 0.5) is 0 Å². The molecule has 0 fully saturated rings. The molecule has 0 aliphatic carbocycles. The van der Waals surface area contributed by atoms with Gasteiger partial charge in [-0.25, -0.2) is 9.78 Å². The molecule has 0 aromatic carbocycles. The highest BCUT2D eigenvalue weighted by atomic mass is 16.4. The van der Waals surface area contributed by atoms with Crippen LogP contribution in [0.5, 0.6) is 0 Å². The zero-order valence-electron chi connectivity index (χ0n) is 15.0. The second kappa shape index (κ2) is 7.81. The summed E-state index contributed by atoms with van der Waals surface area (Å²) in [5.41, 5.74) is 0.630. The summed E-state index contributed by atoms with van der Waals surface area (Å²) >= 11 is 0. The van der Waals surface area contributed by atoms with Gasteiger partial charge in [0.05, 0.1) is 11.8 Å². The average Bonchev–Trinajstić information content (AvgIpc) is 3.16. The third-order valence-electron chi connectivity index (χ3n) is 3.76. The number of hydrogen-bond donors (Lipinski definition) is 2. The van der Waals surface area contributed by atoms with Crippen molar-refractivity contribution in [1.82, 2.24) is 25.0 Å². The van der Waals surface area contributed by atoms with E-state index in [9.17, 15) is 19.5 Å². The molecule has 10 heteroatoms. The number of nitrogens with zero attached hydrogens (tertiary/aromatic N) is 4. The van der Waals surface area contributed by atoms with Crippen molar-refractivity contribution in [3.8, 4) is 11.5 Å². The predicted octanol–water partition coefficient (Wildman–Crippen LogP) is 0.435. The van der Waals surface area contributed by atoms with Crippen molar-refractivity contribution in [2.24, 2.45) is 7.05 Å². The molecule has 2 aromatic heterocycles. The zero-order chi connectivity index (χ0) is 19.4. The molecule has 1 atom stereocenters. The predicted molar refractivity (Wildman–Crippen MR) is 90.3 cm³/mol. The number of aromatic nitrogens is 3. The maximum absolute atomic E-state index is 12.8. The van der Waals surface area contributed by atoms with Gasteiger partial charge in [0.1, 0.15) is 11.8 Å². The average molecular weight is 363 g/mol. The molecule has 2 aromatic rings. The Bertz CT molecular complexity index is 825. The molecule has 0 aliphatic heterocycles. The van der Waals surface area contributed by atoms with Gasteiger partial charge < -0.3 is 19.7 Å². The molecule has 0 spiro atoms. The Labute approximate surface area is 149 Å². The lowest BCUT2D eigenvalue weighted by Gasteiger charge is -2.25. The summed E-state index contributed by atoms with van der Waals surface area (Å²) < 4.78 is 7.11. The van der Waals surface area contributed by atoms with Crippen LogP contribution in [-0.2, 0) is 16.6 Å². The van der Waals surface area contributed by atoms with E-state index in [1.54, 1.807) is 31.0 Å². The smallest absolute Gasteiger partial charge is 0.326 e. The standard InChI is InChI=1S/C16H21N5O5/c1-9(16(24)25)21(6-5-17-11(3)22)15(23)13-10(2)26-14(19-13)12-7-18-20(4)8-12/h7-9H,5-6H2,1-4H3,(H,17,22)(H,24,25). The summed E-state index contributed by atoms with van der Waals surface area (Å²) in [5, 5.41) is 15.8. The van der Waals surface area contributed by atoms with E-state index in [0.717, 1.165) is 4.90 Å². The number of nitrogens with one attached hydrogen (secondary N) is 1. The third-order valence-corrected chi connectivity index (χ3v) is 3.76. The Balaban J connectivity index is 2.27. The second-order valence-corrected chi connectivity index (χ2v) is 5.82. The van der Waals surface area contributed by atoms with Crippen molar-refractivity contribution in [2.45, 2.75) is 26.8 Å². The Morgan fingerprint density at radius 3 is 2.65 bits per heavy atom. The minimum atomic E-state index is -1.16. The van der Waals surface area contributed by atoms with Crippen LogP contribution < -0.4 is 5.32 Å². The first kappa shape index (κ1) is 19.2. The molecule has 26 heavy (non-hydrogen) atoms. The Morgan fingerprint density at radius 2 is 2.12 bits per heavy atom. The number of carbonyl (C=O) groups excluding carboxylic acids is 2. The molecule has 0 saturated heterocycles. The fourth-order valence-corrected chi connectivity index (χ4v) is 2.34. The largest absolute Gasteiger partial charge is 0.480 e. The second-order valence-electron chi connectivity index (χ2n) is 5.82. The molecular weight excluding hydrogens is 342 g/mol. The summed E-state index contributed by atoms with van der Waals surface area (Å²) in [7, 11) is 1.74. The third kappa shape index (κ3) is 4.26. The maximum atomic E-state index is 12.8. The zero-order valence-corrected chi connectivity index (χ0v) is 15.0. The summed E-state index contributed by atoms with van der Waals surface area (Å²) in [6, 6.07) is -1.09. The van der Waals surface area contributed by atoms with E-state index < -0.39 is 17.9 Å². The first-order valence-electron chi connectivity index (χ1n) is 7.95. The van der Waals surface area contributed by atoms with Crippen molar-refractivity contribution in [3.63, 3.8) is 0 Å². The summed E-state index contributed by atoms with van der Waals surface area (Å²) in [5.74, 6) is -1.51. The summed E-state index contributed by atoms with van der Waals surface area (Å²) in [6.07, 6.45) is 3.24. The number of aryl methyl sites for hydroxylation is 2. The highest BCUT2D eigenvalue weighted by Gasteiger charge is 2.30. The lowest BCUT2D eigenvalue weighted by molar-refractivity contribution is -0.141. The molecule has 0 radical (unpaired) electrons. The minimum absolute atomic E-state index is 0.0276. The van der Waals surface area contributed by atoms with Gasteiger partial charge in [-0.15, -0.1) is 0 Å². The molecule has 10 nitrogen and oxygen atoms in total. The van der Waals surface area contributed by atoms with Crippen LogP contribution in [0.3, 0.4) is 0 Å². The van der Waals surface area contributed by atoms with Gasteiger partial charge in [-0.05, 0) is 13.8 Å². The van der Waals surface area contributed by atoms with Gasteiger partial charge in [0, 0.05) is 33.3 Å². The lowest BCUT2D eigenvalue weighted by atomic mass is 10.2. The highest BCUT2D eigenvalue weighted by Crippen LogP contribution is 2.22. The first-order valence-corrected chi connectivity index (χ1v) is 7.95. The number of oxazole rings is 1. The van der Waals surface area contributed by atoms with E-state index in [2.05, 4.69) is 15.4 Å². The monoisotopic (exact) mass is 363 g/mol. The van der Waals surface area contributed by atoms with E-state index in [1.807, 2.05) is 0 Å². The lowest BCUT2D eigenvalue weighted by Crippen LogP contribution is -2.47. The molecule has 140 valence electrons. The number of aliphatic carboxylic acids is 1. The van der Waals surface area contributed by atoms with Crippen molar-refractivity contribution in [3.05, 3.63) is 23.8 Å². The van der Waals surface area contributed by atoms with Crippen molar-refractivity contribution >= 4 is 17.8 Å². The minimum Gasteiger partial charge on any atom is -0.480 e. The molecule has 2 amide bonds. The van der Waals surface area contributed by atoms with Crippen molar-refractivity contribution in [2.75, 3.05) is 13.1 Å². The van der Waals surface area contributed by atoms with Crippen LogP contribution in [-0.4, -0.2) is 61.7 Å². The number of carboxylic acid groups (broad SMARTS) is 1. The highest BCUT2D eigenvalue weighted by molar-refractivity contribution is 5.96. The normalized spacial score (nSPS) is 11.8. The maximum Gasteiger partial charge on any atom is 0.326 e. The van der Waals surface area contributed by atoms with Gasteiger partial charge in [0.2, 0.25) is 11.8 Å². The van der Waals surface area contributed by atoms with Gasteiger partial charge in [0.15, 0.2) is 5.69 Å². The number of carboxylic acids is 1. The van der Waals surface area contributed by atoms with Crippen molar-refractivity contribution < 1.29 is 23.9 Å². The Kier molecular flexibility index (Phi) is 5.75. The molecule has 0 saturated carbocycles. The quantitative estimate of drug-likeness (QED) is 0.729. The van der Waals surface area contributed by atoms with Crippen LogP contribution >= 0.6 is 0 Å².